The van der Waals surface area contributed by atoms with Crippen LogP contribution in [-0.2, 0) is 9.53 Å². The summed E-state index contributed by atoms with van der Waals surface area (Å²) in [6.45, 7) is 1.88. The average Bonchev–Trinajstić information content (AvgIpc) is 2.67. The summed E-state index contributed by atoms with van der Waals surface area (Å²) >= 11 is 2.16. The number of hydrogen-bond acceptors (Lipinski definition) is 6. The van der Waals surface area contributed by atoms with Crippen LogP contribution in [-0.4, -0.2) is 12.6 Å². The van der Waals surface area contributed by atoms with Crippen molar-refractivity contribution in [2.75, 3.05) is 6.61 Å². The van der Waals surface area contributed by atoms with E-state index in [-0.39, 0.29) is 23.6 Å². The third-order valence-corrected chi connectivity index (χ3v) is 5.55. The van der Waals surface area contributed by atoms with E-state index in [1.165, 1.54) is 0 Å². The fraction of sp³-hybridized carbons (Fsp3) is 0.143. The summed E-state index contributed by atoms with van der Waals surface area (Å²) in [7, 11) is 0. The minimum absolute atomic E-state index is 0.0774. The predicted molar refractivity (Wildman–Crippen MR) is 112 cm³/mol. The predicted octanol–water partition coefficient (Wildman–Crippen LogP) is 3.66. The van der Waals surface area contributed by atoms with Gasteiger partial charge in [-0.05, 0) is 53.3 Å². The van der Waals surface area contributed by atoms with Gasteiger partial charge in [0.05, 0.1) is 23.5 Å². The second-order valence-corrected chi connectivity index (χ2v) is 7.35. The molecule has 1 aliphatic rings. The molecule has 0 bridgehead atoms. The molecule has 2 N–H and O–H groups in total. The quantitative estimate of drug-likeness (QED) is 0.343. The van der Waals surface area contributed by atoms with Crippen LogP contribution in [0.5, 0.6) is 5.75 Å². The van der Waals surface area contributed by atoms with Crippen LogP contribution in [0.15, 0.2) is 69.2 Å². The Bertz CT molecular complexity index is 1180. The van der Waals surface area contributed by atoms with Crippen LogP contribution in [0.4, 0.5) is 0 Å². The molecule has 1 aromatic heterocycles. The molecule has 0 amide bonds. The first kappa shape index (κ1) is 18.5. The fourth-order valence-electron chi connectivity index (χ4n) is 3.39. The summed E-state index contributed by atoms with van der Waals surface area (Å²) in [5.74, 6) is -1.15. The monoisotopic (exact) mass is 489 g/mol. The van der Waals surface area contributed by atoms with Gasteiger partial charge in [-0.1, -0.05) is 30.3 Å². The van der Waals surface area contributed by atoms with E-state index >= 15 is 0 Å². The summed E-state index contributed by atoms with van der Waals surface area (Å²) in [5.41, 5.74) is 7.06. The van der Waals surface area contributed by atoms with Crippen LogP contribution >= 0.6 is 22.6 Å². The molecule has 0 fully saturated rings. The van der Waals surface area contributed by atoms with Crippen LogP contribution in [0.25, 0.3) is 11.0 Å². The molecular formula is C21H16INO5. The zero-order valence-corrected chi connectivity index (χ0v) is 17.1. The zero-order valence-electron chi connectivity index (χ0n) is 14.9. The summed E-state index contributed by atoms with van der Waals surface area (Å²) in [6.07, 6.45) is 0. The van der Waals surface area contributed by atoms with Crippen molar-refractivity contribution >= 4 is 39.5 Å². The number of esters is 1. The fourth-order valence-corrected chi connectivity index (χ4v) is 4.09. The maximum absolute atomic E-state index is 12.9. The second kappa shape index (κ2) is 7.31. The number of carbonyl (C=O) groups is 1. The Morgan fingerprint density at radius 2 is 1.89 bits per heavy atom. The Morgan fingerprint density at radius 3 is 2.64 bits per heavy atom. The smallest absolute Gasteiger partial charge is 0.344 e. The summed E-state index contributed by atoms with van der Waals surface area (Å²) in [5, 5.41) is 0.610. The van der Waals surface area contributed by atoms with Crippen molar-refractivity contribution in [3.63, 3.8) is 0 Å². The van der Waals surface area contributed by atoms with Crippen LogP contribution in [0.2, 0.25) is 0 Å². The van der Waals surface area contributed by atoms with Crippen molar-refractivity contribution in [1.82, 2.24) is 0 Å². The molecule has 4 rings (SSSR count). The van der Waals surface area contributed by atoms with Crippen molar-refractivity contribution in [2.24, 2.45) is 5.73 Å². The molecule has 7 heteroatoms. The van der Waals surface area contributed by atoms with Gasteiger partial charge < -0.3 is 19.6 Å². The van der Waals surface area contributed by atoms with E-state index in [0.29, 0.717) is 16.7 Å². The number of rotatable bonds is 3. The Morgan fingerprint density at radius 1 is 1.18 bits per heavy atom. The van der Waals surface area contributed by atoms with E-state index in [0.717, 1.165) is 9.13 Å². The van der Waals surface area contributed by atoms with Gasteiger partial charge in [0.2, 0.25) is 5.88 Å². The molecule has 6 nitrogen and oxygen atoms in total. The van der Waals surface area contributed by atoms with Crippen LogP contribution in [0, 0.1) is 3.57 Å². The van der Waals surface area contributed by atoms with Crippen LogP contribution < -0.4 is 16.1 Å². The zero-order chi connectivity index (χ0) is 19.8. The van der Waals surface area contributed by atoms with Gasteiger partial charge in [-0.3, -0.25) is 0 Å². The van der Waals surface area contributed by atoms with Crippen LogP contribution in [0.1, 0.15) is 24.0 Å². The highest BCUT2D eigenvalue weighted by Crippen LogP contribution is 2.44. The Labute approximate surface area is 174 Å². The van der Waals surface area contributed by atoms with Gasteiger partial charge in [0, 0.05) is 3.57 Å². The van der Waals surface area contributed by atoms with Crippen molar-refractivity contribution in [1.29, 1.82) is 0 Å². The lowest BCUT2D eigenvalue weighted by molar-refractivity contribution is -0.139. The van der Waals surface area contributed by atoms with Crippen molar-refractivity contribution in [3.8, 4) is 5.75 Å². The van der Waals surface area contributed by atoms with Crippen molar-refractivity contribution in [2.45, 2.75) is 12.8 Å². The Kier molecular flexibility index (Phi) is 4.84. The third kappa shape index (κ3) is 2.95. The molecule has 1 aliphatic heterocycles. The van der Waals surface area contributed by atoms with E-state index in [2.05, 4.69) is 22.6 Å². The standard InChI is InChI=1S/C21H16INO5/c1-2-26-20(24)17-15(11-7-3-5-9-13(11)22)16-18(28-19(17)23)12-8-4-6-10-14(12)27-21(16)25/h3-10,15H,2,23H2,1H3. The lowest BCUT2D eigenvalue weighted by Gasteiger charge is -2.28. The molecule has 2 heterocycles. The highest BCUT2D eigenvalue weighted by molar-refractivity contribution is 14.1. The molecule has 0 saturated carbocycles. The first-order chi connectivity index (χ1) is 13.5. The maximum Gasteiger partial charge on any atom is 0.344 e. The first-order valence-electron chi connectivity index (χ1n) is 8.67. The van der Waals surface area contributed by atoms with Crippen LogP contribution in [0.3, 0.4) is 0 Å². The second-order valence-electron chi connectivity index (χ2n) is 6.18. The van der Waals surface area contributed by atoms with Gasteiger partial charge in [0.15, 0.2) is 5.75 Å². The summed E-state index contributed by atoms with van der Waals surface area (Å²) in [6, 6.07) is 14.5. The van der Waals surface area contributed by atoms with Gasteiger partial charge in [-0.25, -0.2) is 9.59 Å². The molecule has 0 spiro atoms. The Balaban J connectivity index is 2.07. The molecule has 0 radical (unpaired) electrons. The number of halogens is 1. The molecule has 2 aromatic carbocycles. The molecule has 1 atom stereocenters. The minimum atomic E-state index is -0.753. The summed E-state index contributed by atoms with van der Waals surface area (Å²) in [4.78, 5) is 25.7. The molecule has 0 aliphatic carbocycles. The van der Waals surface area contributed by atoms with Gasteiger partial charge >= 0.3 is 11.6 Å². The maximum atomic E-state index is 12.9. The molecular weight excluding hydrogens is 473 g/mol. The van der Waals surface area contributed by atoms with E-state index in [9.17, 15) is 9.59 Å². The normalized spacial score (nSPS) is 15.9. The van der Waals surface area contributed by atoms with Crippen molar-refractivity contribution < 1.29 is 18.7 Å². The van der Waals surface area contributed by atoms with E-state index in [1.807, 2.05) is 30.3 Å². The molecule has 1 unspecified atom stereocenters. The number of nitrogens with two attached hydrogens (primary N) is 1. The number of carbonyl (C=O) groups excluding carboxylic acids is 1. The number of benzene rings is 2. The number of hydrogen-bond donors (Lipinski definition) is 1. The average molecular weight is 489 g/mol. The SMILES string of the molecule is CCOC(=O)C1=C(N)Oc2c(c(=O)oc3ccccc23)C1c1ccccc1I. The summed E-state index contributed by atoms with van der Waals surface area (Å²) < 4.78 is 17.4. The minimum Gasteiger partial charge on any atom is -0.462 e. The number of ether oxygens (including phenoxy) is 2. The largest absolute Gasteiger partial charge is 0.462 e. The Hall–Kier alpha value is -2.81. The first-order valence-corrected chi connectivity index (χ1v) is 9.75. The highest BCUT2D eigenvalue weighted by atomic mass is 127. The lowest BCUT2D eigenvalue weighted by atomic mass is 9.83. The van der Waals surface area contributed by atoms with E-state index in [1.54, 1.807) is 25.1 Å². The number of fused-ring (bicyclic) bond motifs is 3. The molecule has 0 saturated heterocycles. The molecule has 3 aromatic rings. The number of para-hydroxylation sites is 1. The van der Waals surface area contributed by atoms with Gasteiger partial charge in [0.1, 0.15) is 11.2 Å². The topological polar surface area (TPSA) is 91.8 Å². The van der Waals surface area contributed by atoms with Crippen molar-refractivity contribution in [3.05, 3.63) is 85.1 Å². The van der Waals surface area contributed by atoms with Gasteiger partial charge in [0.25, 0.3) is 0 Å². The van der Waals surface area contributed by atoms with Gasteiger partial charge in [-0.2, -0.15) is 0 Å². The van der Waals surface area contributed by atoms with E-state index in [4.69, 9.17) is 19.6 Å². The highest BCUT2D eigenvalue weighted by Gasteiger charge is 2.39. The third-order valence-electron chi connectivity index (χ3n) is 4.57. The van der Waals surface area contributed by atoms with Gasteiger partial charge in [-0.15, -0.1) is 0 Å². The lowest BCUT2D eigenvalue weighted by Crippen LogP contribution is -2.31. The molecule has 142 valence electrons. The molecule has 28 heavy (non-hydrogen) atoms. The van der Waals surface area contributed by atoms with E-state index < -0.39 is 17.5 Å².